The number of nitrogens with zero attached hydrogens (tertiary/aromatic N) is 3. The molecule has 2 aromatic carbocycles. The zero-order valence-electron chi connectivity index (χ0n) is 16.5. The van der Waals surface area contributed by atoms with Crippen LogP contribution in [0.5, 0.6) is 5.75 Å². The number of amides is 1. The van der Waals surface area contributed by atoms with E-state index < -0.39 is 0 Å². The van der Waals surface area contributed by atoms with Gasteiger partial charge in [0.1, 0.15) is 5.75 Å². The molecule has 0 saturated carbocycles. The van der Waals surface area contributed by atoms with E-state index in [1.165, 1.54) is 17.3 Å². The van der Waals surface area contributed by atoms with Gasteiger partial charge in [0.2, 0.25) is 5.91 Å². The highest BCUT2D eigenvalue weighted by atomic mass is 32.2. The maximum Gasteiger partial charge on any atom is 0.237 e. The van der Waals surface area contributed by atoms with Crippen molar-refractivity contribution in [1.29, 1.82) is 0 Å². The average molecular weight is 397 g/mol. The Morgan fingerprint density at radius 2 is 1.89 bits per heavy atom. The molecule has 1 unspecified atom stereocenters. The second-order valence-corrected chi connectivity index (χ2v) is 7.67. The van der Waals surface area contributed by atoms with Crippen LogP contribution in [0.1, 0.15) is 19.4 Å². The van der Waals surface area contributed by atoms with E-state index in [-0.39, 0.29) is 11.2 Å². The first kappa shape index (κ1) is 19.9. The highest BCUT2D eigenvalue weighted by Gasteiger charge is 2.20. The summed E-state index contributed by atoms with van der Waals surface area (Å²) in [6.45, 7) is 3.96. The maximum atomic E-state index is 12.6. The summed E-state index contributed by atoms with van der Waals surface area (Å²) in [4.78, 5) is 12.6. The number of aromatic nitrogens is 3. The first-order valence-electron chi connectivity index (χ1n) is 9.12. The fraction of sp³-hybridized carbons (Fsp3) is 0.286. The summed E-state index contributed by atoms with van der Waals surface area (Å²) in [6.07, 6.45) is 0.973. The maximum absolute atomic E-state index is 12.6. The normalized spacial score (nSPS) is 11.9. The quantitative estimate of drug-likeness (QED) is 0.607. The Labute approximate surface area is 169 Å². The lowest BCUT2D eigenvalue weighted by molar-refractivity contribution is -0.115. The summed E-state index contributed by atoms with van der Waals surface area (Å²) in [6, 6.07) is 15.6. The van der Waals surface area contributed by atoms with Crippen molar-refractivity contribution in [3.8, 4) is 17.1 Å². The molecule has 28 heavy (non-hydrogen) atoms. The van der Waals surface area contributed by atoms with Crippen molar-refractivity contribution < 1.29 is 9.53 Å². The van der Waals surface area contributed by atoms with Gasteiger partial charge in [0.15, 0.2) is 11.0 Å². The van der Waals surface area contributed by atoms with Crippen molar-refractivity contribution in [2.45, 2.75) is 30.7 Å². The monoisotopic (exact) mass is 396 g/mol. The van der Waals surface area contributed by atoms with Crippen LogP contribution in [-0.2, 0) is 18.3 Å². The molecule has 0 radical (unpaired) electrons. The van der Waals surface area contributed by atoms with Gasteiger partial charge in [0, 0.05) is 12.7 Å². The molecule has 1 atom stereocenters. The molecule has 0 bridgehead atoms. The molecule has 6 nitrogen and oxygen atoms in total. The van der Waals surface area contributed by atoms with E-state index >= 15 is 0 Å². The molecule has 7 heteroatoms. The van der Waals surface area contributed by atoms with Crippen molar-refractivity contribution >= 4 is 23.4 Å². The number of anilines is 1. The number of para-hydroxylation sites is 1. The first-order chi connectivity index (χ1) is 13.5. The summed E-state index contributed by atoms with van der Waals surface area (Å²) in [7, 11) is 3.52. The van der Waals surface area contributed by atoms with Gasteiger partial charge in [0.05, 0.1) is 17.9 Å². The summed E-state index contributed by atoms with van der Waals surface area (Å²) < 4.78 is 7.29. The zero-order valence-corrected chi connectivity index (χ0v) is 17.3. The minimum absolute atomic E-state index is 0.0731. The molecule has 3 aromatic rings. The highest BCUT2D eigenvalue weighted by molar-refractivity contribution is 8.00. The largest absolute Gasteiger partial charge is 0.496 e. The number of carbonyl (C=O) groups excluding carboxylic acids is 1. The molecule has 3 rings (SSSR count). The molecule has 1 heterocycles. The van der Waals surface area contributed by atoms with Gasteiger partial charge in [-0.25, -0.2) is 0 Å². The molecule has 146 valence electrons. The lowest BCUT2D eigenvalue weighted by Gasteiger charge is -2.12. The van der Waals surface area contributed by atoms with E-state index in [0.717, 1.165) is 23.4 Å². The molecule has 0 aliphatic carbocycles. The predicted octanol–water partition coefficient (Wildman–Crippen LogP) is 4.17. The van der Waals surface area contributed by atoms with Crippen LogP contribution in [0, 0.1) is 0 Å². The molecule has 1 amide bonds. The fourth-order valence-corrected chi connectivity index (χ4v) is 3.58. The number of rotatable bonds is 7. The third-order valence-electron chi connectivity index (χ3n) is 4.46. The van der Waals surface area contributed by atoms with Crippen molar-refractivity contribution in [2.24, 2.45) is 7.05 Å². The van der Waals surface area contributed by atoms with Gasteiger partial charge in [-0.3, -0.25) is 4.79 Å². The number of aryl methyl sites for hydroxylation is 1. The molecular weight excluding hydrogens is 372 g/mol. The number of carbonyl (C=O) groups is 1. The minimum Gasteiger partial charge on any atom is -0.496 e. The van der Waals surface area contributed by atoms with Gasteiger partial charge in [0.25, 0.3) is 0 Å². The van der Waals surface area contributed by atoms with Crippen molar-refractivity contribution in [3.05, 3.63) is 54.1 Å². The van der Waals surface area contributed by atoms with E-state index in [1.54, 1.807) is 7.11 Å². The SMILES string of the molecule is CCc1ccc(NC(=O)C(C)Sc2nnc(-c3ccccc3OC)n2C)cc1. The molecule has 0 saturated heterocycles. The number of methoxy groups -OCH3 is 1. The Bertz CT molecular complexity index is 953. The average Bonchev–Trinajstić information content (AvgIpc) is 3.08. The van der Waals surface area contributed by atoms with Crippen LogP contribution in [0.2, 0.25) is 0 Å². The van der Waals surface area contributed by atoms with Crippen LogP contribution >= 0.6 is 11.8 Å². The zero-order chi connectivity index (χ0) is 20.1. The smallest absolute Gasteiger partial charge is 0.237 e. The van der Waals surface area contributed by atoms with Crippen molar-refractivity contribution in [2.75, 3.05) is 12.4 Å². The summed E-state index contributed by atoms with van der Waals surface area (Å²) in [5, 5.41) is 11.9. The topological polar surface area (TPSA) is 69.0 Å². The van der Waals surface area contributed by atoms with Crippen LogP contribution in [0.3, 0.4) is 0 Å². The Morgan fingerprint density at radius 3 is 2.57 bits per heavy atom. The van der Waals surface area contributed by atoms with Crippen molar-refractivity contribution in [1.82, 2.24) is 14.8 Å². The van der Waals surface area contributed by atoms with E-state index in [4.69, 9.17) is 4.74 Å². The Balaban J connectivity index is 1.71. The molecular formula is C21H24N4O2S. The fourth-order valence-electron chi connectivity index (χ4n) is 2.76. The highest BCUT2D eigenvalue weighted by Crippen LogP contribution is 2.31. The summed E-state index contributed by atoms with van der Waals surface area (Å²) in [5.41, 5.74) is 2.89. The molecule has 1 aromatic heterocycles. The van der Waals surface area contributed by atoms with Gasteiger partial charge in [-0.2, -0.15) is 0 Å². The van der Waals surface area contributed by atoms with Gasteiger partial charge < -0.3 is 14.6 Å². The number of thioether (sulfide) groups is 1. The number of hydrogen-bond donors (Lipinski definition) is 1. The second kappa shape index (κ2) is 8.93. The molecule has 0 aliphatic heterocycles. The second-order valence-electron chi connectivity index (χ2n) is 6.37. The number of benzene rings is 2. The van der Waals surface area contributed by atoms with E-state index in [0.29, 0.717) is 11.0 Å². The predicted molar refractivity (Wildman–Crippen MR) is 113 cm³/mol. The standard InChI is InChI=1S/C21H24N4O2S/c1-5-15-10-12-16(13-11-15)22-20(26)14(2)28-21-24-23-19(25(21)3)17-8-6-7-9-18(17)27-4/h6-14H,5H2,1-4H3,(H,22,26). The summed E-state index contributed by atoms with van der Waals surface area (Å²) >= 11 is 1.37. The van der Waals surface area contributed by atoms with Crippen LogP contribution < -0.4 is 10.1 Å². The lowest BCUT2D eigenvalue weighted by Crippen LogP contribution is -2.22. The number of hydrogen-bond acceptors (Lipinski definition) is 5. The van der Waals surface area contributed by atoms with Crippen LogP contribution in [0.15, 0.2) is 53.7 Å². The summed E-state index contributed by atoms with van der Waals surface area (Å²) in [5.74, 6) is 1.36. The lowest BCUT2D eigenvalue weighted by atomic mass is 10.1. The van der Waals surface area contributed by atoms with E-state index in [2.05, 4.69) is 22.4 Å². The third-order valence-corrected chi connectivity index (χ3v) is 5.60. The van der Waals surface area contributed by atoms with Crippen LogP contribution in [-0.4, -0.2) is 33.0 Å². The first-order valence-corrected chi connectivity index (χ1v) is 10.0. The van der Waals surface area contributed by atoms with Gasteiger partial charge in [-0.1, -0.05) is 43.0 Å². The number of nitrogens with one attached hydrogen (secondary N) is 1. The molecule has 1 N–H and O–H groups in total. The van der Waals surface area contributed by atoms with E-state index in [1.807, 2.05) is 67.1 Å². The van der Waals surface area contributed by atoms with Gasteiger partial charge in [-0.05, 0) is 43.2 Å². The molecule has 0 spiro atoms. The van der Waals surface area contributed by atoms with Crippen molar-refractivity contribution in [3.63, 3.8) is 0 Å². The van der Waals surface area contributed by atoms with Gasteiger partial charge in [-0.15, -0.1) is 10.2 Å². The Kier molecular flexibility index (Phi) is 6.36. The third kappa shape index (κ3) is 4.36. The van der Waals surface area contributed by atoms with Crippen LogP contribution in [0.25, 0.3) is 11.4 Å². The van der Waals surface area contributed by atoms with Crippen LogP contribution in [0.4, 0.5) is 5.69 Å². The number of ether oxygens (including phenoxy) is 1. The van der Waals surface area contributed by atoms with E-state index in [9.17, 15) is 4.79 Å². The Hall–Kier alpha value is -2.80. The Morgan fingerprint density at radius 1 is 1.18 bits per heavy atom. The molecule has 0 fully saturated rings. The molecule has 0 aliphatic rings. The minimum atomic E-state index is -0.320. The van der Waals surface area contributed by atoms with Gasteiger partial charge >= 0.3 is 0 Å².